The van der Waals surface area contributed by atoms with Gasteiger partial charge in [-0.2, -0.15) is 0 Å². The van der Waals surface area contributed by atoms with Gasteiger partial charge in [0.05, 0.1) is 36.8 Å². The van der Waals surface area contributed by atoms with Crippen LogP contribution in [0.25, 0.3) is 0 Å². The number of carbonyl (C=O) groups is 7. The number of benzene rings is 2. The highest BCUT2D eigenvalue weighted by molar-refractivity contribution is 6.12. The molecule has 0 spiro atoms. The van der Waals surface area contributed by atoms with Crippen molar-refractivity contribution in [3.63, 3.8) is 0 Å². The van der Waals surface area contributed by atoms with Gasteiger partial charge in [0.1, 0.15) is 5.78 Å². The van der Waals surface area contributed by atoms with E-state index in [4.69, 9.17) is 15.2 Å². The minimum atomic E-state index is -0.684. The number of anilines is 1. The predicted molar refractivity (Wildman–Crippen MR) is 258 cm³/mol. The molecule has 67 heavy (non-hydrogen) atoms. The molecule has 0 radical (unpaired) electrons. The number of hydrogen-bond donors (Lipinski definition) is 2. The lowest BCUT2D eigenvalue weighted by atomic mass is 9.85. The highest BCUT2D eigenvalue weighted by Crippen LogP contribution is 2.31. The second-order valence-electron chi connectivity index (χ2n) is 18.7. The SMILES string of the molecule is CC[C@H](C)[C@@H]([C@@H](CC(=O)N1CCC[C@H]1[C@H](OC)[C@@H](C)C(=O)C[C@@H](Cc1ccccc1)C(=O)N(C)c1ccc(CNC(=O)CCCCCN2C(=O)C=CC2=O)cc1)OC)N(C)C(=O)[C@@H](N)C(C)C. The molecule has 0 aromatic heterocycles. The van der Waals surface area contributed by atoms with E-state index in [-0.39, 0.29) is 78.0 Å². The van der Waals surface area contributed by atoms with Gasteiger partial charge >= 0.3 is 0 Å². The third-order valence-electron chi connectivity index (χ3n) is 13.8. The van der Waals surface area contributed by atoms with Crippen LogP contribution in [0.3, 0.4) is 0 Å². The first-order chi connectivity index (χ1) is 31.9. The number of likely N-dealkylation sites (N-methyl/N-ethyl adjacent to an activating group) is 1. The largest absolute Gasteiger partial charge is 0.379 e. The number of imide groups is 1. The van der Waals surface area contributed by atoms with Crippen molar-refractivity contribution in [1.82, 2.24) is 20.0 Å². The minimum absolute atomic E-state index is 0.0246. The Morgan fingerprint density at radius 3 is 2.09 bits per heavy atom. The number of ketones is 1. The maximum absolute atomic E-state index is 14.4. The number of unbranched alkanes of at least 4 members (excludes halogenated alkanes) is 2. The molecule has 368 valence electrons. The Bertz CT molecular complexity index is 1990. The summed E-state index contributed by atoms with van der Waals surface area (Å²) in [7, 11) is 6.56. The molecule has 0 unspecified atom stereocenters. The number of methoxy groups -OCH3 is 2. The molecule has 2 aromatic carbocycles. The van der Waals surface area contributed by atoms with Crippen LogP contribution in [-0.4, -0.2) is 128 Å². The fourth-order valence-electron chi connectivity index (χ4n) is 9.35. The highest BCUT2D eigenvalue weighted by atomic mass is 16.5. The van der Waals surface area contributed by atoms with Crippen molar-refractivity contribution in [2.75, 3.05) is 46.3 Å². The summed E-state index contributed by atoms with van der Waals surface area (Å²) in [6.45, 7) is 10.9. The fraction of sp³-hybridized carbons (Fsp3) is 0.596. The first-order valence-electron chi connectivity index (χ1n) is 24.0. The van der Waals surface area contributed by atoms with E-state index in [1.807, 2.05) is 89.2 Å². The third kappa shape index (κ3) is 14.9. The van der Waals surface area contributed by atoms with Crippen molar-refractivity contribution < 1.29 is 43.0 Å². The molecule has 2 aliphatic heterocycles. The number of likely N-dealkylation sites (tertiary alicyclic amines) is 1. The van der Waals surface area contributed by atoms with Crippen LogP contribution in [0.5, 0.6) is 0 Å². The number of nitrogens with two attached hydrogens (primary N) is 1. The predicted octanol–water partition coefficient (Wildman–Crippen LogP) is 5.47. The van der Waals surface area contributed by atoms with Gasteiger partial charge in [-0.05, 0) is 67.2 Å². The van der Waals surface area contributed by atoms with Gasteiger partial charge in [-0.15, -0.1) is 0 Å². The topological polar surface area (TPSA) is 189 Å². The maximum Gasteiger partial charge on any atom is 0.253 e. The molecule has 2 aliphatic rings. The van der Waals surface area contributed by atoms with Crippen molar-refractivity contribution in [2.45, 2.75) is 136 Å². The Hall–Kier alpha value is -5.25. The van der Waals surface area contributed by atoms with Gasteiger partial charge in [-0.25, -0.2) is 0 Å². The Morgan fingerprint density at radius 2 is 1.49 bits per heavy atom. The van der Waals surface area contributed by atoms with E-state index in [2.05, 4.69) is 5.32 Å². The van der Waals surface area contributed by atoms with Crippen LogP contribution in [0.1, 0.15) is 104 Å². The number of ether oxygens (including phenoxy) is 2. The summed E-state index contributed by atoms with van der Waals surface area (Å²) in [5.41, 5.74) is 8.71. The number of carbonyl (C=O) groups excluding carboxylic acids is 7. The second-order valence-corrected chi connectivity index (χ2v) is 18.7. The molecule has 1 saturated heterocycles. The van der Waals surface area contributed by atoms with Crippen molar-refractivity contribution in [2.24, 2.45) is 29.4 Å². The van der Waals surface area contributed by atoms with Crippen molar-refractivity contribution in [3.8, 4) is 0 Å². The summed E-state index contributed by atoms with van der Waals surface area (Å²) in [6, 6.07) is 15.5. The Kier molecular flexibility index (Phi) is 21.4. The van der Waals surface area contributed by atoms with Crippen molar-refractivity contribution in [1.29, 1.82) is 0 Å². The molecule has 0 aliphatic carbocycles. The van der Waals surface area contributed by atoms with Gasteiger partial charge in [-0.1, -0.05) is 89.9 Å². The maximum atomic E-state index is 14.4. The molecule has 6 amide bonds. The number of rotatable bonds is 27. The first kappa shape index (κ1) is 54.4. The fourth-order valence-corrected chi connectivity index (χ4v) is 9.35. The van der Waals surface area contributed by atoms with Crippen LogP contribution in [-0.2, 0) is 56.0 Å². The standard InChI is InChI=1S/C52H76N6O9/c1-10-35(4)49(56(7)52(65)48(53)34(2)3)43(66-8)32-47(63)57-29-17-20-41(57)50(67-9)36(5)42(59)31-39(30-37-18-13-11-14-19-37)51(64)55(6)40-24-22-38(23-25-40)33-54-44(60)21-15-12-16-28-58-45(61)26-27-46(58)62/h11,13-14,18-19,22-27,34-36,39,41,43,48-50H,10,12,15-17,20-21,28-33,53H2,1-9H3,(H,54,60)/t35-,36-,39+,41-,43+,48-,49-,50+/m0/s1. The average molecular weight is 929 g/mol. The van der Waals surface area contributed by atoms with Gasteiger partial charge in [0.25, 0.3) is 11.8 Å². The molecule has 15 nitrogen and oxygen atoms in total. The van der Waals surface area contributed by atoms with Crippen LogP contribution < -0.4 is 16.0 Å². The summed E-state index contributed by atoms with van der Waals surface area (Å²) in [6.07, 6.45) is 6.12. The van der Waals surface area contributed by atoms with Crippen LogP contribution in [0.15, 0.2) is 66.7 Å². The molecule has 0 bridgehead atoms. The molecular weight excluding hydrogens is 853 g/mol. The average Bonchev–Trinajstić information content (AvgIpc) is 3.94. The van der Waals surface area contributed by atoms with Crippen LogP contribution in [0, 0.1) is 23.7 Å². The Morgan fingerprint density at radius 1 is 0.836 bits per heavy atom. The lowest BCUT2D eigenvalue weighted by Gasteiger charge is -2.40. The Balaban J connectivity index is 1.39. The van der Waals surface area contributed by atoms with E-state index < -0.39 is 30.1 Å². The zero-order valence-electron chi connectivity index (χ0n) is 41.3. The molecular formula is C52H76N6O9. The summed E-state index contributed by atoms with van der Waals surface area (Å²) in [4.78, 5) is 98.6. The number of nitrogens with one attached hydrogen (secondary N) is 1. The monoisotopic (exact) mass is 929 g/mol. The van der Waals surface area contributed by atoms with Crippen LogP contribution in [0.2, 0.25) is 0 Å². The van der Waals surface area contributed by atoms with Gasteiger partial charge < -0.3 is 35.2 Å². The zero-order chi connectivity index (χ0) is 49.4. The second kappa shape index (κ2) is 26.3. The lowest BCUT2D eigenvalue weighted by molar-refractivity contribution is -0.146. The normalized spacial score (nSPS) is 18.0. The van der Waals surface area contributed by atoms with E-state index in [1.54, 1.807) is 43.0 Å². The molecule has 2 heterocycles. The third-order valence-corrected chi connectivity index (χ3v) is 13.8. The number of amides is 6. The van der Waals surface area contributed by atoms with Crippen molar-refractivity contribution >= 4 is 46.9 Å². The van der Waals surface area contributed by atoms with Gasteiger partial charge in [-0.3, -0.25) is 38.5 Å². The van der Waals surface area contributed by atoms with E-state index >= 15 is 0 Å². The summed E-state index contributed by atoms with van der Waals surface area (Å²) < 4.78 is 12.0. The van der Waals surface area contributed by atoms with Gasteiger partial charge in [0.2, 0.25) is 23.6 Å². The quantitative estimate of drug-likeness (QED) is 0.0859. The number of nitrogens with zero attached hydrogens (tertiary/aromatic N) is 4. The zero-order valence-corrected chi connectivity index (χ0v) is 41.3. The number of Topliss-reactive ketones (excluding diaryl/α,β-unsaturated/α-hetero) is 1. The first-order valence-corrected chi connectivity index (χ1v) is 24.0. The van der Waals surface area contributed by atoms with Crippen molar-refractivity contribution in [3.05, 3.63) is 77.9 Å². The molecule has 1 fully saturated rings. The summed E-state index contributed by atoms with van der Waals surface area (Å²) in [5.74, 6) is -2.74. The van der Waals surface area contributed by atoms with E-state index in [0.29, 0.717) is 63.8 Å². The van der Waals surface area contributed by atoms with E-state index in [9.17, 15) is 33.6 Å². The summed E-state index contributed by atoms with van der Waals surface area (Å²) >= 11 is 0. The molecule has 15 heteroatoms. The molecule has 0 saturated carbocycles. The highest BCUT2D eigenvalue weighted by Gasteiger charge is 2.43. The molecule has 3 N–H and O–H groups in total. The minimum Gasteiger partial charge on any atom is -0.379 e. The van der Waals surface area contributed by atoms with Gasteiger partial charge in [0, 0.05) is 90.5 Å². The lowest BCUT2D eigenvalue weighted by Crippen LogP contribution is -2.56. The smallest absolute Gasteiger partial charge is 0.253 e. The van der Waals surface area contributed by atoms with E-state index in [0.717, 1.165) is 24.0 Å². The molecule has 4 rings (SSSR count). The van der Waals surface area contributed by atoms with E-state index in [1.165, 1.54) is 17.1 Å². The Labute approximate surface area is 398 Å². The number of hydrogen-bond acceptors (Lipinski definition) is 10. The van der Waals surface area contributed by atoms with Gasteiger partial charge in [0.15, 0.2) is 0 Å². The van der Waals surface area contributed by atoms with Crippen LogP contribution >= 0.6 is 0 Å². The molecule has 8 atom stereocenters. The molecule has 2 aromatic rings. The summed E-state index contributed by atoms with van der Waals surface area (Å²) in [5, 5.41) is 2.93. The van der Waals surface area contributed by atoms with Crippen LogP contribution in [0.4, 0.5) is 5.69 Å².